The molecule has 1 aliphatic heterocycles. The second-order valence-corrected chi connectivity index (χ2v) is 19.5. The molecule has 1 aliphatic rings. The molecule has 73 heavy (non-hydrogen) atoms. The van der Waals surface area contributed by atoms with Crippen LogP contribution in [-0.2, 0) is 49.7 Å². The summed E-state index contributed by atoms with van der Waals surface area (Å²) >= 11 is 0. The van der Waals surface area contributed by atoms with E-state index in [4.69, 9.17) is 5.73 Å². The maximum Gasteiger partial charge on any atom is 0.326 e. The van der Waals surface area contributed by atoms with Gasteiger partial charge in [0, 0.05) is 80.1 Å². The van der Waals surface area contributed by atoms with Gasteiger partial charge in [0.25, 0.3) is 11.8 Å². The number of hydrogen-bond donors (Lipinski definition) is 7. The van der Waals surface area contributed by atoms with Crippen molar-refractivity contribution in [3.8, 4) is 11.1 Å². The van der Waals surface area contributed by atoms with Crippen LogP contribution < -0.4 is 27.0 Å². The molecule has 5 atom stereocenters. The molecular formula is C52H68F2N8O11. The molecule has 1 unspecified atom stereocenters. The Morgan fingerprint density at radius 2 is 1.49 bits per heavy atom. The number of amides is 7. The van der Waals surface area contributed by atoms with Crippen molar-refractivity contribution in [2.45, 2.75) is 111 Å². The number of aromatic nitrogens is 1. The average Bonchev–Trinajstić information content (AvgIpc) is 3.88. The lowest BCUT2D eigenvalue weighted by molar-refractivity contribution is -0.143. The van der Waals surface area contributed by atoms with Gasteiger partial charge in [0.2, 0.25) is 29.5 Å². The molecule has 2 aromatic carbocycles. The summed E-state index contributed by atoms with van der Waals surface area (Å²) in [5, 5.41) is 30.2. The molecular weight excluding hydrogens is 951 g/mol. The number of Topliss-reactive ketones (excluding diaryl/α,β-unsaturated/α-hetero) is 1. The van der Waals surface area contributed by atoms with Crippen LogP contribution in [0.25, 0.3) is 11.1 Å². The van der Waals surface area contributed by atoms with Crippen LogP contribution in [0.1, 0.15) is 97.4 Å². The highest BCUT2D eigenvalue weighted by molar-refractivity contribution is 6.14. The van der Waals surface area contributed by atoms with E-state index in [1.807, 2.05) is 55.7 Å². The van der Waals surface area contributed by atoms with Gasteiger partial charge in [0.1, 0.15) is 30.8 Å². The molecule has 21 heteroatoms. The molecule has 0 radical (unpaired) electrons. The zero-order valence-electron chi connectivity index (χ0n) is 42.1. The zero-order valence-corrected chi connectivity index (χ0v) is 42.1. The molecule has 0 saturated carbocycles. The number of ketones is 1. The number of benzene rings is 2. The first-order valence-corrected chi connectivity index (χ1v) is 24.2. The number of nitrogens with one attached hydrogen (secondary N) is 4. The Kier molecular flexibility index (Phi) is 21.7. The van der Waals surface area contributed by atoms with Gasteiger partial charge >= 0.3 is 5.97 Å². The number of nitrogens with two attached hydrogens (primary N) is 1. The number of carboxylic acid groups (broad SMARTS) is 1. The minimum Gasteiger partial charge on any atom is -0.480 e. The van der Waals surface area contributed by atoms with Gasteiger partial charge in [0.05, 0.1) is 18.1 Å². The molecule has 0 spiro atoms. The molecule has 396 valence electrons. The van der Waals surface area contributed by atoms with Crippen molar-refractivity contribution in [1.82, 2.24) is 35.6 Å². The Morgan fingerprint density at radius 1 is 0.822 bits per heavy atom. The van der Waals surface area contributed by atoms with E-state index in [-0.39, 0.29) is 57.3 Å². The van der Waals surface area contributed by atoms with E-state index in [0.717, 1.165) is 40.8 Å². The van der Waals surface area contributed by atoms with Gasteiger partial charge in [0.15, 0.2) is 5.78 Å². The number of aliphatic carboxylic acids is 1. The summed E-state index contributed by atoms with van der Waals surface area (Å²) < 4.78 is 31.3. The normalized spacial score (nSPS) is 14.5. The van der Waals surface area contributed by atoms with Gasteiger partial charge in [-0.15, -0.1) is 0 Å². The molecule has 0 aliphatic carbocycles. The molecule has 19 nitrogen and oxygen atoms in total. The minimum atomic E-state index is -1.30. The van der Waals surface area contributed by atoms with Crippen LogP contribution in [0, 0.1) is 28.9 Å². The van der Waals surface area contributed by atoms with Gasteiger partial charge in [-0.05, 0) is 66.8 Å². The molecule has 8 N–H and O–H groups in total. The number of aliphatic hydroxyl groups excluding tert-OH is 1. The predicted octanol–water partition coefficient (Wildman–Crippen LogP) is 3.13. The number of nitrogens with zero attached hydrogens (tertiary/aromatic N) is 3. The van der Waals surface area contributed by atoms with Crippen molar-refractivity contribution in [2.75, 3.05) is 32.8 Å². The molecule has 7 amide bonds. The Labute approximate surface area is 423 Å². The van der Waals surface area contributed by atoms with Gasteiger partial charge in [-0.2, -0.15) is 0 Å². The van der Waals surface area contributed by atoms with Gasteiger partial charge in [-0.3, -0.25) is 43.3 Å². The van der Waals surface area contributed by atoms with Crippen LogP contribution >= 0.6 is 0 Å². The summed E-state index contributed by atoms with van der Waals surface area (Å²) in [4.78, 5) is 116. The third-order valence-corrected chi connectivity index (χ3v) is 12.2. The highest BCUT2D eigenvalue weighted by Crippen LogP contribution is 2.41. The summed E-state index contributed by atoms with van der Waals surface area (Å²) in [5.74, 6) is -8.86. The zero-order chi connectivity index (χ0) is 54.2. The van der Waals surface area contributed by atoms with Crippen molar-refractivity contribution < 1.29 is 62.1 Å². The summed E-state index contributed by atoms with van der Waals surface area (Å²) in [7, 11) is 0. The number of carboxylic acids is 1. The van der Waals surface area contributed by atoms with E-state index in [1.165, 1.54) is 11.8 Å². The topological polar surface area (TPSA) is 280 Å². The van der Waals surface area contributed by atoms with E-state index >= 15 is 4.39 Å². The number of hydrogen-bond acceptors (Lipinski definition) is 11. The smallest absolute Gasteiger partial charge is 0.326 e. The van der Waals surface area contributed by atoms with Crippen molar-refractivity contribution >= 4 is 53.1 Å². The Balaban J connectivity index is 1.25. The van der Waals surface area contributed by atoms with Crippen LogP contribution in [0.5, 0.6) is 0 Å². The highest BCUT2D eigenvalue weighted by Gasteiger charge is 2.38. The van der Waals surface area contributed by atoms with E-state index in [1.54, 1.807) is 26.1 Å². The molecule has 1 aromatic heterocycles. The summed E-state index contributed by atoms with van der Waals surface area (Å²) in [6.07, 6.45) is 3.89. The molecule has 2 heterocycles. The number of carbonyl (C=O) groups excluding carboxylic acids is 8. The van der Waals surface area contributed by atoms with E-state index < -0.39 is 119 Å². The summed E-state index contributed by atoms with van der Waals surface area (Å²) in [6.45, 7) is 9.33. The Morgan fingerprint density at radius 3 is 2.11 bits per heavy atom. The van der Waals surface area contributed by atoms with Crippen molar-refractivity contribution in [3.05, 3.63) is 95.8 Å². The quantitative estimate of drug-likeness (QED) is 0.0408. The van der Waals surface area contributed by atoms with Crippen LogP contribution in [0.4, 0.5) is 8.78 Å². The molecule has 4 rings (SSSR count). The lowest BCUT2D eigenvalue weighted by atomic mass is 9.82. The van der Waals surface area contributed by atoms with E-state index in [0.29, 0.717) is 24.2 Å². The Bertz CT molecular complexity index is 2490. The van der Waals surface area contributed by atoms with Crippen LogP contribution in [0.15, 0.2) is 72.9 Å². The number of imide groups is 1. The number of unbranched alkanes of at least 4 members (excludes halogenated alkanes) is 1. The fourth-order valence-corrected chi connectivity index (χ4v) is 8.39. The van der Waals surface area contributed by atoms with Crippen LogP contribution in [-0.4, -0.2) is 129 Å². The molecule has 0 fully saturated rings. The van der Waals surface area contributed by atoms with E-state index in [2.05, 4.69) is 21.3 Å². The van der Waals surface area contributed by atoms with Gasteiger partial charge in [-0.1, -0.05) is 71.9 Å². The minimum absolute atomic E-state index is 0.00717. The van der Waals surface area contributed by atoms with Crippen LogP contribution in [0.2, 0.25) is 0 Å². The van der Waals surface area contributed by atoms with Crippen molar-refractivity contribution in [3.63, 3.8) is 0 Å². The number of rotatable bonds is 28. The standard InChI is InChI=1S/C52H68F2N8O11/c1-31(2)47(59-43(66)29-62-44(67)17-18-45(62)68)41(64)24-32(3)49(70)58-39(51(72)73)14-10-11-21-56-42(65)19-22-57-50(71)38(55)20-23-61(46(69)30-63)48(52(4,5)6)40-25-34(36-26-35(53)15-16-37(36)54)28-60(40)27-33-12-8-7-9-13-33/h7-9,12-13,15-18,25-26,28,31-32,38-39,47-48,63H,10-11,14,19-24,27,29-30,55H2,1-6H3,(H,56,65)(H,57,71)(H,58,70)(H,59,66)(H,72,73)/t32-,38+,39+,47?,48+/m1/s1. The van der Waals surface area contributed by atoms with E-state index in [9.17, 15) is 57.8 Å². The fourth-order valence-electron chi connectivity index (χ4n) is 8.39. The third kappa shape index (κ3) is 17.3. The SMILES string of the molecule is CC(C)C(NC(=O)CN1C(=O)C=CC1=O)C(=O)C[C@@H](C)C(=O)N[C@@H](CCCCNC(=O)CCNC(=O)[C@@H](N)CCN(C(=O)CO)[C@@H](c1cc(-c2cc(F)ccc2F)cn1Cc1ccccc1)C(C)(C)C)C(=O)O. The third-order valence-electron chi connectivity index (χ3n) is 12.2. The first-order valence-electron chi connectivity index (χ1n) is 24.2. The first kappa shape index (κ1) is 58.4. The van der Waals surface area contributed by atoms with Crippen LogP contribution in [0.3, 0.4) is 0 Å². The lowest BCUT2D eigenvalue weighted by Crippen LogP contribution is -2.50. The average molecular weight is 1020 g/mol. The number of carbonyl (C=O) groups is 9. The maximum atomic E-state index is 15.1. The first-order chi connectivity index (χ1) is 34.4. The fraction of sp³-hybridized carbons (Fsp3) is 0.481. The van der Waals surface area contributed by atoms with Crippen molar-refractivity contribution in [1.29, 1.82) is 0 Å². The number of aliphatic hydroxyl groups is 1. The van der Waals surface area contributed by atoms with Gasteiger partial charge < -0.3 is 46.7 Å². The van der Waals surface area contributed by atoms with Gasteiger partial charge in [-0.25, -0.2) is 13.6 Å². The molecule has 0 bridgehead atoms. The number of halogens is 2. The monoisotopic (exact) mass is 1020 g/mol. The maximum absolute atomic E-state index is 15.1. The molecule has 3 aromatic rings. The van der Waals surface area contributed by atoms with Crippen molar-refractivity contribution in [2.24, 2.45) is 23.0 Å². The largest absolute Gasteiger partial charge is 0.480 e. The summed E-state index contributed by atoms with van der Waals surface area (Å²) in [5.41, 5.74) is 7.47. The summed E-state index contributed by atoms with van der Waals surface area (Å²) in [6, 6.07) is 10.0. The lowest BCUT2D eigenvalue weighted by Gasteiger charge is -2.41. The molecule has 0 saturated heterocycles. The second kappa shape index (κ2) is 27.1. The second-order valence-electron chi connectivity index (χ2n) is 19.5. The Hall–Kier alpha value is -7.13. The highest BCUT2D eigenvalue weighted by atomic mass is 19.1. The predicted molar refractivity (Wildman–Crippen MR) is 264 cm³/mol.